The Hall–Kier alpha value is -0.840. The number of halogens is 1. The van der Waals surface area contributed by atoms with Crippen LogP contribution in [-0.4, -0.2) is 16.3 Å². The number of hydrogen-bond donors (Lipinski definition) is 1. The van der Waals surface area contributed by atoms with Crippen molar-refractivity contribution in [2.45, 2.75) is 20.8 Å². The van der Waals surface area contributed by atoms with Crippen molar-refractivity contribution in [2.75, 3.05) is 11.9 Å². The minimum Gasteiger partial charge on any atom is -0.382 e. The Morgan fingerprint density at radius 1 is 1.53 bits per heavy atom. The molecule has 84 valence electrons. The molecule has 1 aromatic heterocycles. The fourth-order valence-corrected chi connectivity index (χ4v) is 1.49. The third-order valence-corrected chi connectivity index (χ3v) is 2.65. The van der Waals surface area contributed by atoms with Gasteiger partial charge in [0.15, 0.2) is 0 Å². The molecule has 1 N–H and O–H groups in total. The van der Waals surface area contributed by atoms with Crippen molar-refractivity contribution in [2.24, 2.45) is 12.5 Å². The summed E-state index contributed by atoms with van der Waals surface area (Å²) in [5.41, 5.74) is 0.780. The second kappa shape index (κ2) is 4.35. The Balaban J connectivity index is 2.89. The van der Waals surface area contributed by atoms with Crippen LogP contribution in [0.15, 0.2) is 15.5 Å². The van der Waals surface area contributed by atoms with E-state index in [0.717, 1.165) is 12.2 Å². The molecule has 4 nitrogen and oxygen atoms in total. The summed E-state index contributed by atoms with van der Waals surface area (Å²) >= 11 is 3.26. The molecule has 0 saturated carbocycles. The van der Waals surface area contributed by atoms with Gasteiger partial charge in [0, 0.05) is 13.6 Å². The molecule has 0 unspecified atom stereocenters. The van der Waals surface area contributed by atoms with E-state index >= 15 is 0 Å². The lowest BCUT2D eigenvalue weighted by molar-refractivity contribution is 0.442. The molecule has 15 heavy (non-hydrogen) atoms. The average molecular weight is 274 g/mol. The lowest BCUT2D eigenvalue weighted by Gasteiger charge is -2.19. The Labute approximate surface area is 97.8 Å². The molecule has 0 bridgehead atoms. The van der Waals surface area contributed by atoms with Crippen LogP contribution in [0.1, 0.15) is 20.8 Å². The van der Waals surface area contributed by atoms with Gasteiger partial charge in [-0.3, -0.25) is 4.79 Å². The minimum absolute atomic E-state index is 0.131. The largest absolute Gasteiger partial charge is 0.382 e. The molecule has 1 rings (SSSR count). The van der Waals surface area contributed by atoms with Gasteiger partial charge in [-0.1, -0.05) is 20.8 Å². The van der Waals surface area contributed by atoms with Gasteiger partial charge in [0.05, 0.1) is 11.9 Å². The van der Waals surface area contributed by atoms with E-state index in [0.29, 0.717) is 4.47 Å². The van der Waals surface area contributed by atoms with Gasteiger partial charge >= 0.3 is 0 Å². The van der Waals surface area contributed by atoms with Crippen LogP contribution in [0.3, 0.4) is 0 Å². The normalized spacial score (nSPS) is 11.5. The third kappa shape index (κ3) is 3.34. The first-order valence-electron chi connectivity index (χ1n) is 4.77. The van der Waals surface area contributed by atoms with E-state index in [1.165, 1.54) is 4.68 Å². The maximum absolute atomic E-state index is 11.5. The number of aryl methyl sites for hydroxylation is 1. The molecule has 0 aliphatic rings. The molecule has 5 heteroatoms. The maximum Gasteiger partial charge on any atom is 0.282 e. The highest BCUT2D eigenvalue weighted by Crippen LogP contribution is 2.19. The molecular formula is C10H16BrN3O. The van der Waals surface area contributed by atoms with Crippen LogP contribution in [-0.2, 0) is 7.05 Å². The van der Waals surface area contributed by atoms with Gasteiger partial charge < -0.3 is 5.32 Å². The van der Waals surface area contributed by atoms with Crippen LogP contribution < -0.4 is 10.9 Å². The zero-order chi connectivity index (χ0) is 11.6. The SMILES string of the molecule is Cn1ncc(NCC(C)(C)C)c(Br)c1=O. The quantitative estimate of drug-likeness (QED) is 0.897. The summed E-state index contributed by atoms with van der Waals surface area (Å²) in [6, 6.07) is 0. The summed E-state index contributed by atoms with van der Waals surface area (Å²) in [5, 5.41) is 7.15. The third-order valence-electron chi connectivity index (χ3n) is 1.89. The predicted molar refractivity (Wildman–Crippen MR) is 65.1 cm³/mol. The molecule has 0 fully saturated rings. The smallest absolute Gasteiger partial charge is 0.282 e. The summed E-state index contributed by atoms with van der Waals surface area (Å²) < 4.78 is 1.83. The van der Waals surface area contributed by atoms with Crippen LogP contribution in [0.5, 0.6) is 0 Å². The number of anilines is 1. The summed E-state index contributed by atoms with van der Waals surface area (Å²) in [6.45, 7) is 7.17. The molecule has 0 radical (unpaired) electrons. The standard InChI is InChI=1S/C10H16BrN3O/c1-10(2,3)6-12-7-5-13-14(4)9(15)8(7)11/h5,12H,6H2,1-4H3. The molecule has 1 heterocycles. The second-order valence-electron chi connectivity index (χ2n) is 4.72. The molecule has 0 amide bonds. The van der Waals surface area contributed by atoms with E-state index < -0.39 is 0 Å². The van der Waals surface area contributed by atoms with Gasteiger partial charge in [-0.15, -0.1) is 0 Å². The number of hydrogen-bond acceptors (Lipinski definition) is 3. The number of nitrogens with one attached hydrogen (secondary N) is 1. The minimum atomic E-state index is -0.131. The predicted octanol–water partition coefficient (Wildman–Crippen LogP) is 2.00. The number of nitrogens with zero attached hydrogens (tertiary/aromatic N) is 2. The molecule has 0 aromatic carbocycles. The van der Waals surface area contributed by atoms with Gasteiger partial charge in [0.1, 0.15) is 4.47 Å². The fraction of sp³-hybridized carbons (Fsp3) is 0.600. The van der Waals surface area contributed by atoms with Gasteiger partial charge in [-0.2, -0.15) is 5.10 Å². The van der Waals surface area contributed by atoms with Crippen LogP contribution in [0.25, 0.3) is 0 Å². The monoisotopic (exact) mass is 273 g/mol. The van der Waals surface area contributed by atoms with Gasteiger partial charge in [0.25, 0.3) is 5.56 Å². The first kappa shape index (κ1) is 12.2. The Bertz CT molecular complexity index is 406. The first-order valence-corrected chi connectivity index (χ1v) is 5.56. The van der Waals surface area contributed by atoms with E-state index in [-0.39, 0.29) is 11.0 Å². The highest BCUT2D eigenvalue weighted by atomic mass is 79.9. The Morgan fingerprint density at radius 2 is 2.13 bits per heavy atom. The summed E-state index contributed by atoms with van der Waals surface area (Å²) in [5.74, 6) is 0. The van der Waals surface area contributed by atoms with Crippen molar-refractivity contribution in [1.29, 1.82) is 0 Å². The second-order valence-corrected chi connectivity index (χ2v) is 5.51. The zero-order valence-corrected chi connectivity index (χ0v) is 11.1. The van der Waals surface area contributed by atoms with Crippen LogP contribution in [0.2, 0.25) is 0 Å². The zero-order valence-electron chi connectivity index (χ0n) is 9.47. The van der Waals surface area contributed by atoms with E-state index in [1.807, 2.05) is 0 Å². The molecule has 0 aliphatic carbocycles. The molecule has 0 atom stereocenters. The lowest BCUT2D eigenvalue weighted by Crippen LogP contribution is -2.24. The molecule has 0 aliphatic heterocycles. The number of rotatable bonds is 2. The van der Waals surface area contributed by atoms with Crippen molar-refractivity contribution < 1.29 is 0 Å². The topological polar surface area (TPSA) is 46.9 Å². The molecular weight excluding hydrogens is 258 g/mol. The van der Waals surface area contributed by atoms with Crippen molar-refractivity contribution in [3.05, 3.63) is 21.0 Å². The van der Waals surface area contributed by atoms with Crippen molar-refractivity contribution in [3.8, 4) is 0 Å². The summed E-state index contributed by atoms with van der Waals surface area (Å²) in [7, 11) is 1.63. The molecule has 0 saturated heterocycles. The highest BCUT2D eigenvalue weighted by molar-refractivity contribution is 9.10. The van der Waals surface area contributed by atoms with E-state index in [4.69, 9.17) is 0 Å². The van der Waals surface area contributed by atoms with Crippen molar-refractivity contribution in [3.63, 3.8) is 0 Å². The van der Waals surface area contributed by atoms with Gasteiger partial charge in [-0.05, 0) is 21.3 Å². The molecule has 1 aromatic rings. The van der Waals surface area contributed by atoms with Crippen LogP contribution in [0, 0.1) is 5.41 Å². The average Bonchev–Trinajstić information content (AvgIpc) is 2.12. The molecule has 0 spiro atoms. The van der Waals surface area contributed by atoms with Crippen LogP contribution >= 0.6 is 15.9 Å². The van der Waals surface area contributed by atoms with Crippen molar-refractivity contribution in [1.82, 2.24) is 9.78 Å². The first-order chi connectivity index (χ1) is 6.81. The summed E-state index contributed by atoms with van der Waals surface area (Å²) in [4.78, 5) is 11.5. The van der Waals surface area contributed by atoms with Gasteiger partial charge in [0.2, 0.25) is 0 Å². The Morgan fingerprint density at radius 3 is 2.67 bits per heavy atom. The summed E-state index contributed by atoms with van der Waals surface area (Å²) in [6.07, 6.45) is 1.65. The Kier molecular flexibility index (Phi) is 3.54. The lowest BCUT2D eigenvalue weighted by atomic mass is 9.97. The van der Waals surface area contributed by atoms with E-state index in [9.17, 15) is 4.79 Å². The highest BCUT2D eigenvalue weighted by Gasteiger charge is 2.12. The van der Waals surface area contributed by atoms with E-state index in [1.54, 1.807) is 13.2 Å². The number of aromatic nitrogens is 2. The van der Waals surface area contributed by atoms with E-state index in [2.05, 4.69) is 47.1 Å². The van der Waals surface area contributed by atoms with Crippen molar-refractivity contribution >= 4 is 21.6 Å². The van der Waals surface area contributed by atoms with Crippen LogP contribution in [0.4, 0.5) is 5.69 Å². The van der Waals surface area contributed by atoms with Gasteiger partial charge in [-0.25, -0.2) is 4.68 Å². The fourth-order valence-electron chi connectivity index (χ4n) is 0.994. The maximum atomic E-state index is 11.5.